The van der Waals surface area contributed by atoms with Crippen LogP contribution in [-0.4, -0.2) is 42.6 Å². The predicted octanol–water partition coefficient (Wildman–Crippen LogP) is 2.18. The molecule has 1 atom stereocenters. The number of likely N-dealkylation sites (N-methyl/N-ethyl adjacent to an activating group) is 1. The van der Waals surface area contributed by atoms with E-state index in [0.717, 1.165) is 4.90 Å². The van der Waals surface area contributed by atoms with Gasteiger partial charge in [-0.1, -0.05) is 18.2 Å². The summed E-state index contributed by atoms with van der Waals surface area (Å²) in [5, 5.41) is 0. The molecule has 1 aromatic rings. The monoisotopic (exact) mass is 301 g/mol. The van der Waals surface area contributed by atoms with Gasteiger partial charge < -0.3 is 9.64 Å². The van der Waals surface area contributed by atoms with E-state index in [4.69, 9.17) is 4.74 Å². The normalized spacial score (nSPS) is 17.9. The number of halogens is 3. The Labute approximate surface area is 119 Å². The SMILES string of the molecule is CN(CCC(F)(F)F)C(=O)C1Cc2ccccc2C(=O)O1. The summed E-state index contributed by atoms with van der Waals surface area (Å²) < 4.78 is 41.5. The number of amides is 1. The highest BCUT2D eigenvalue weighted by Crippen LogP contribution is 2.23. The van der Waals surface area contributed by atoms with E-state index in [1.54, 1.807) is 24.3 Å². The summed E-state index contributed by atoms with van der Waals surface area (Å²) in [4.78, 5) is 24.8. The van der Waals surface area contributed by atoms with E-state index >= 15 is 0 Å². The summed E-state index contributed by atoms with van der Waals surface area (Å²) in [5.41, 5.74) is 1.05. The summed E-state index contributed by atoms with van der Waals surface area (Å²) in [5.74, 6) is -1.25. The van der Waals surface area contributed by atoms with Gasteiger partial charge in [0.15, 0.2) is 6.10 Å². The van der Waals surface area contributed by atoms with Gasteiger partial charge in [-0.2, -0.15) is 13.2 Å². The van der Waals surface area contributed by atoms with Crippen molar-refractivity contribution in [1.29, 1.82) is 0 Å². The Bertz CT molecular complexity index is 557. The molecule has 21 heavy (non-hydrogen) atoms. The van der Waals surface area contributed by atoms with E-state index in [-0.39, 0.29) is 6.42 Å². The number of carbonyl (C=O) groups excluding carboxylic acids is 2. The molecule has 4 nitrogen and oxygen atoms in total. The Balaban J connectivity index is 2.03. The molecule has 1 unspecified atom stereocenters. The highest BCUT2D eigenvalue weighted by atomic mass is 19.4. The predicted molar refractivity (Wildman–Crippen MR) is 67.7 cm³/mol. The first-order chi connectivity index (χ1) is 9.78. The van der Waals surface area contributed by atoms with Crippen LogP contribution in [0.15, 0.2) is 24.3 Å². The van der Waals surface area contributed by atoms with E-state index in [9.17, 15) is 22.8 Å². The fourth-order valence-electron chi connectivity index (χ4n) is 2.12. The molecule has 0 aromatic heterocycles. The van der Waals surface area contributed by atoms with Crippen molar-refractivity contribution in [3.63, 3.8) is 0 Å². The van der Waals surface area contributed by atoms with Crippen molar-refractivity contribution in [1.82, 2.24) is 4.90 Å². The van der Waals surface area contributed by atoms with Crippen LogP contribution in [0.2, 0.25) is 0 Å². The molecule has 0 saturated heterocycles. The first kappa shape index (κ1) is 15.3. The van der Waals surface area contributed by atoms with Crippen molar-refractivity contribution in [2.24, 2.45) is 0 Å². The van der Waals surface area contributed by atoms with Gasteiger partial charge in [-0.15, -0.1) is 0 Å². The van der Waals surface area contributed by atoms with Gasteiger partial charge in [-0.3, -0.25) is 4.79 Å². The van der Waals surface area contributed by atoms with Gasteiger partial charge in [0.2, 0.25) is 0 Å². The largest absolute Gasteiger partial charge is 0.448 e. The molecule has 7 heteroatoms. The van der Waals surface area contributed by atoms with Crippen LogP contribution in [0.1, 0.15) is 22.3 Å². The first-order valence-electron chi connectivity index (χ1n) is 6.38. The Morgan fingerprint density at radius 2 is 2.05 bits per heavy atom. The molecular weight excluding hydrogens is 287 g/mol. The number of hydrogen-bond acceptors (Lipinski definition) is 3. The maximum atomic E-state index is 12.2. The molecule has 2 rings (SSSR count). The third kappa shape index (κ3) is 3.74. The van der Waals surface area contributed by atoms with Crippen molar-refractivity contribution in [3.8, 4) is 0 Å². The van der Waals surface area contributed by atoms with Crippen LogP contribution in [-0.2, 0) is 16.0 Å². The van der Waals surface area contributed by atoms with Crippen molar-refractivity contribution >= 4 is 11.9 Å². The van der Waals surface area contributed by atoms with E-state index < -0.39 is 37.1 Å². The molecule has 0 saturated carbocycles. The fourth-order valence-corrected chi connectivity index (χ4v) is 2.12. The van der Waals surface area contributed by atoms with Gasteiger partial charge in [0.1, 0.15) is 0 Å². The van der Waals surface area contributed by atoms with Crippen LogP contribution in [0.4, 0.5) is 13.2 Å². The fraction of sp³-hybridized carbons (Fsp3) is 0.429. The second-order valence-corrected chi connectivity index (χ2v) is 4.88. The highest BCUT2D eigenvalue weighted by Gasteiger charge is 2.34. The van der Waals surface area contributed by atoms with Crippen molar-refractivity contribution in [2.75, 3.05) is 13.6 Å². The molecule has 0 radical (unpaired) electrons. The zero-order valence-corrected chi connectivity index (χ0v) is 11.3. The number of rotatable bonds is 3. The first-order valence-corrected chi connectivity index (χ1v) is 6.38. The lowest BCUT2D eigenvalue weighted by Crippen LogP contribution is -2.43. The molecule has 0 aliphatic carbocycles. The minimum absolute atomic E-state index is 0.178. The average molecular weight is 301 g/mol. The van der Waals surface area contributed by atoms with Gasteiger partial charge in [-0.25, -0.2) is 4.79 Å². The molecule has 1 aliphatic rings. The Morgan fingerprint density at radius 1 is 1.38 bits per heavy atom. The standard InChI is InChI=1S/C14H14F3NO3/c1-18(7-6-14(15,16)17)12(19)11-8-9-4-2-3-5-10(9)13(20)21-11/h2-5,11H,6-8H2,1H3. The molecular formula is C14H14F3NO3. The van der Waals surface area contributed by atoms with Crippen molar-refractivity contribution in [2.45, 2.75) is 25.1 Å². The van der Waals surface area contributed by atoms with Gasteiger partial charge in [0.05, 0.1) is 12.0 Å². The van der Waals surface area contributed by atoms with Crippen LogP contribution in [0.5, 0.6) is 0 Å². The summed E-state index contributed by atoms with van der Waals surface area (Å²) in [7, 11) is 1.27. The zero-order valence-electron chi connectivity index (χ0n) is 11.3. The Kier molecular flexibility index (Phi) is 4.20. The smallest absolute Gasteiger partial charge is 0.390 e. The van der Waals surface area contributed by atoms with Crippen molar-refractivity contribution in [3.05, 3.63) is 35.4 Å². The van der Waals surface area contributed by atoms with E-state index in [1.807, 2.05) is 0 Å². The number of cyclic esters (lactones) is 1. The molecule has 0 N–H and O–H groups in total. The van der Waals surface area contributed by atoms with Crippen LogP contribution in [0, 0.1) is 0 Å². The Hall–Kier alpha value is -2.05. The lowest BCUT2D eigenvalue weighted by atomic mass is 9.98. The van der Waals surface area contributed by atoms with Gasteiger partial charge in [0, 0.05) is 20.0 Å². The topological polar surface area (TPSA) is 46.6 Å². The molecule has 114 valence electrons. The molecule has 1 heterocycles. The minimum Gasteiger partial charge on any atom is -0.448 e. The number of alkyl halides is 3. The third-order valence-corrected chi connectivity index (χ3v) is 3.27. The van der Waals surface area contributed by atoms with Crippen LogP contribution < -0.4 is 0 Å². The molecule has 1 amide bonds. The van der Waals surface area contributed by atoms with Gasteiger partial charge in [0.25, 0.3) is 5.91 Å². The molecule has 1 aromatic carbocycles. The average Bonchev–Trinajstić information content (AvgIpc) is 2.43. The quantitative estimate of drug-likeness (QED) is 0.804. The van der Waals surface area contributed by atoms with E-state index in [1.165, 1.54) is 7.05 Å². The molecule has 1 aliphatic heterocycles. The number of benzene rings is 1. The zero-order chi connectivity index (χ0) is 15.6. The number of nitrogens with zero attached hydrogens (tertiary/aromatic N) is 1. The number of esters is 1. The van der Waals surface area contributed by atoms with E-state index in [0.29, 0.717) is 11.1 Å². The minimum atomic E-state index is -4.33. The number of ether oxygens (including phenoxy) is 1. The highest BCUT2D eigenvalue weighted by molar-refractivity contribution is 5.95. The van der Waals surface area contributed by atoms with E-state index in [2.05, 4.69) is 0 Å². The number of fused-ring (bicyclic) bond motifs is 1. The second kappa shape index (κ2) is 5.75. The number of hydrogen-bond donors (Lipinski definition) is 0. The van der Waals surface area contributed by atoms with Crippen LogP contribution >= 0.6 is 0 Å². The maximum absolute atomic E-state index is 12.2. The summed E-state index contributed by atoms with van der Waals surface area (Å²) in [6.45, 7) is -0.460. The molecule has 0 spiro atoms. The summed E-state index contributed by atoms with van der Waals surface area (Å²) in [6.07, 6.45) is -6.31. The van der Waals surface area contributed by atoms with Gasteiger partial charge in [-0.05, 0) is 11.6 Å². The van der Waals surface area contributed by atoms with Crippen LogP contribution in [0.3, 0.4) is 0 Å². The van der Waals surface area contributed by atoms with Crippen LogP contribution in [0.25, 0.3) is 0 Å². The molecule has 0 bridgehead atoms. The lowest BCUT2D eigenvalue weighted by molar-refractivity contribution is -0.149. The second-order valence-electron chi connectivity index (χ2n) is 4.88. The van der Waals surface area contributed by atoms with Crippen molar-refractivity contribution < 1.29 is 27.5 Å². The lowest BCUT2D eigenvalue weighted by Gasteiger charge is -2.27. The maximum Gasteiger partial charge on any atom is 0.390 e. The van der Waals surface area contributed by atoms with Gasteiger partial charge >= 0.3 is 12.1 Å². The summed E-state index contributed by atoms with van der Waals surface area (Å²) >= 11 is 0. The Morgan fingerprint density at radius 3 is 2.71 bits per heavy atom. The summed E-state index contributed by atoms with van der Waals surface area (Å²) in [6, 6.07) is 6.70. The molecule has 0 fully saturated rings. The third-order valence-electron chi connectivity index (χ3n) is 3.27. The number of carbonyl (C=O) groups is 2.